The largest absolute Gasteiger partial charge is 0.396 e. The van der Waals surface area contributed by atoms with Gasteiger partial charge in [-0.3, -0.25) is 20.2 Å². The van der Waals surface area contributed by atoms with E-state index in [1.54, 1.807) is 44.2 Å². The van der Waals surface area contributed by atoms with Gasteiger partial charge in [0, 0.05) is 35.8 Å². The highest BCUT2D eigenvalue weighted by Crippen LogP contribution is 2.33. The van der Waals surface area contributed by atoms with Crippen molar-refractivity contribution in [3.05, 3.63) is 75.6 Å². The number of nitrogens with zero attached hydrogens (tertiary/aromatic N) is 1. The minimum absolute atomic E-state index is 0.0421. The molecule has 9 heteroatoms. The van der Waals surface area contributed by atoms with Crippen LogP contribution in [0.2, 0.25) is 0 Å². The van der Waals surface area contributed by atoms with Crippen molar-refractivity contribution in [2.75, 3.05) is 6.61 Å². The number of carbonyl (C=O) groups excluding carboxylic acids is 1. The molecule has 2 atom stereocenters. The zero-order valence-corrected chi connectivity index (χ0v) is 16.1. The van der Waals surface area contributed by atoms with Crippen molar-refractivity contribution in [1.82, 2.24) is 10.6 Å². The lowest BCUT2D eigenvalue weighted by Gasteiger charge is -2.37. The van der Waals surface area contributed by atoms with Crippen LogP contribution >= 0.6 is 12.2 Å². The van der Waals surface area contributed by atoms with Crippen molar-refractivity contribution in [3.8, 4) is 0 Å². The van der Waals surface area contributed by atoms with Crippen LogP contribution in [0, 0.1) is 21.8 Å². The highest BCUT2D eigenvalue weighted by atomic mass is 32.1. The molecule has 0 aliphatic rings. The Labute approximate surface area is 166 Å². The summed E-state index contributed by atoms with van der Waals surface area (Å²) in [6.07, 6.45) is 0. The average Bonchev–Trinajstić information content (AvgIpc) is 2.67. The Morgan fingerprint density at radius 2 is 1.96 bits per heavy atom. The molecule has 0 saturated carbocycles. The number of nitrogens with one attached hydrogen (secondary N) is 2. The number of nitro groups is 1. The summed E-state index contributed by atoms with van der Waals surface area (Å²) in [5.41, 5.74) is -1.27. The normalized spacial score (nSPS) is 13.9. The second-order valence-electron chi connectivity index (χ2n) is 6.48. The van der Waals surface area contributed by atoms with Gasteiger partial charge in [-0.25, -0.2) is 4.39 Å². The maximum Gasteiger partial charge on any atom is 0.269 e. The second-order valence-corrected chi connectivity index (χ2v) is 6.89. The molecule has 148 valence electrons. The van der Waals surface area contributed by atoms with Crippen LogP contribution in [0.4, 0.5) is 10.1 Å². The van der Waals surface area contributed by atoms with Gasteiger partial charge in [0.05, 0.1) is 10.5 Å². The van der Waals surface area contributed by atoms with Crippen molar-refractivity contribution in [3.63, 3.8) is 0 Å². The molecule has 3 N–H and O–H groups in total. The van der Waals surface area contributed by atoms with Crippen molar-refractivity contribution < 1.29 is 19.2 Å². The van der Waals surface area contributed by atoms with Crippen molar-refractivity contribution in [2.24, 2.45) is 5.92 Å². The molecule has 0 fully saturated rings. The van der Waals surface area contributed by atoms with Crippen LogP contribution in [0.25, 0.3) is 0 Å². The Bertz CT molecular complexity index is 894. The van der Waals surface area contributed by atoms with Crippen molar-refractivity contribution >= 4 is 28.9 Å². The van der Waals surface area contributed by atoms with Gasteiger partial charge in [-0.15, -0.1) is 0 Å². The van der Waals surface area contributed by atoms with Gasteiger partial charge >= 0.3 is 0 Å². The molecule has 0 bridgehead atoms. The average molecular weight is 405 g/mol. The van der Waals surface area contributed by atoms with Gasteiger partial charge in [-0.2, -0.15) is 0 Å². The van der Waals surface area contributed by atoms with Crippen LogP contribution in [-0.2, 0) is 5.54 Å². The second kappa shape index (κ2) is 8.85. The first-order chi connectivity index (χ1) is 13.2. The van der Waals surface area contributed by atoms with E-state index in [9.17, 15) is 24.4 Å². The molecule has 0 aromatic heterocycles. The van der Waals surface area contributed by atoms with E-state index in [1.165, 1.54) is 0 Å². The number of halogens is 1. The fraction of sp³-hybridized carbons (Fsp3) is 0.263. The third-order valence-electron chi connectivity index (χ3n) is 4.62. The molecule has 0 radical (unpaired) electrons. The number of thiocarbonyl (C=S) groups is 1. The molecule has 1 unspecified atom stereocenters. The zero-order chi connectivity index (χ0) is 20.9. The summed E-state index contributed by atoms with van der Waals surface area (Å²) < 4.78 is 14.5. The number of aliphatic hydroxyl groups is 1. The summed E-state index contributed by atoms with van der Waals surface area (Å²) in [4.78, 5) is 22.7. The number of non-ortho nitro benzene ring substituents is 1. The summed E-state index contributed by atoms with van der Waals surface area (Å²) in [6, 6.07) is 11.5. The number of nitro benzene ring substituents is 1. The molecule has 7 nitrogen and oxygen atoms in total. The minimum atomic E-state index is -1.31. The molecule has 0 aliphatic heterocycles. The van der Waals surface area contributed by atoms with Gasteiger partial charge in [0.15, 0.2) is 5.11 Å². The Hall–Kier alpha value is -2.91. The Kier molecular flexibility index (Phi) is 6.76. The number of benzene rings is 2. The van der Waals surface area contributed by atoms with Crippen molar-refractivity contribution in [1.29, 1.82) is 0 Å². The summed E-state index contributed by atoms with van der Waals surface area (Å²) >= 11 is 5.19. The number of hydrogen-bond donors (Lipinski definition) is 3. The molecular formula is C19H20FN3O4S. The number of rotatable bonds is 6. The molecule has 2 aromatic carbocycles. The van der Waals surface area contributed by atoms with E-state index in [-0.39, 0.29) is 23.0 Å². The van der Waals surface area contributed by atoms with E-state index in [2.05, 4.69) is 10.6 Å². The fourth-order valence-corrected chi connectivity index (χ4v) is 3.00. The Morgan fingerprint density at radius 1 is 1.32 bits per heavy atom. The van der Waals surface area contributed by atoms with Gasteiger partial charge in [0.25, 0.3) is 11.6 Å². The van der Waals surface area contributed by atoms with Crippen LogP contribution in [0.15, 0.2) is 48.5 Å². The monoisotopic (exact) mass is 405 g/mol. The molecule has 2 rings (SSSR count). The maximum absolute atomic E-state index is 14.5. The van der Waals surface area contributed by atoms with E-state index in [4.69, 9.17) is 12.2 Å². The minimum Gasteiger partial charge on any atom is -0.396 e. The predicted molar refractivity (Wildman–Crippen MR) is 106 cm³/mol. The number of carbonyl (C=O) groups is 1. The molecule has 0 aliphatic carbocycles. The predicted octanol–water partition coefficient (Wildman–Crippen LogP) is 2.88. The van der Waals surface area contributed by atoms with E-state index in [1.807, 2.05) is 0 Å². The number of aliphatic hydroxyl groups excluding tert-OH is 1. The number of amides is 1. The van der Waals surface area contributed by atoms with E-state index >= 15 is 0 Å². The molecule has 0 heterocycles. The lowest BCUT2D eigenvalue weighted by atomic mass is 9.80. The van der Waals surface area contributed by atoms with Gasteiger partial charge in [-0.1, -0.05) is 25.1 Å². The van der Waals surface area contributed by atoms with Gasteiger partial charge in [0.1, 0.15) is 5.82 Å². The SMILES string of the molecule is CC(CO)[C@](C)(NC(=S)NC(=O)c1ccccc1)c1cc([N+](=O)[O-])ccc1F. The van der Waals surface area contributed by atoms with E-state index in [0.29, 0.717) is 5.56 Å². The summed E-state index contributed by atoms with van der Waals surface area (Å²) in [7, 11) is 0. The third-order valence-corrected chi connectivity index (χ3v) is 4.82. The summed E-state index contributed by atoms with van der Waals surface area (Å²) in [6.45, 7) is 2.84. The lowest BCUT2D eigenvalue weighted by molar-refractivity contribution is -0.385. The molecule has 1 amide bonds. The van der Waals surface area contributed by atoms with Crippen LogP contribution in [0.1, 0.15) is 29.8 Å². The van der Waals surface area contributed by atoms with E-state index in [0.717, 1.165) is 18.2 Å². The van der Waals surface area contributed by atoms with Gasteiger partial charge in [0.2, 0.25) is 0 Å². The molecule has 2 aromatic rings. The van der Waals surface area contributed by atoms with Gasteiger partial charge < -0.3 is 10.4 Å². The smallest absolute Gasteiger partial charge is 0.269 e. The summed E-state index contributed by atoms with van der Waals surface area (Å²) in [5.74, 6) is -1.75. The standard InChI is InChI=1S/C19H20FN3O4S/c1-12(11-24)19(2,15-10-14(23(26)27)8-9-16(15)20)22-18(28)21-17(25)13-6-4-3-5-7-13/h3-10,12,24H,11H2,1-2H3,(H2,21,22,25,28)/t12?,19-/m0/s1. The maximum atomic E-state index is 14.5. The number of hydrogen-bond acceptors (Lipinski definition) is 5. The molecule has 0 spiro atoms. The molecule has 28 heavy (non-hydrogen) atoms. The first-order valence-corrected chi connectivity index (χ1v) is 8.83. The summed E-state index contributed by atoms with van der Waals surface area (Å²) in [5, 5.41) is 26.0. The first kappa shape index (κ1) is 21.4. The van der Waals surface area contributed by atoms with Crippen LogP contribution in [0.3, 0.4) is 0 Å². The zero-order valence-electron chi connectivity index (χ0n) is 15.3. The van der Waals surface area contributed by atoms with Crippen molar-refractivity contribution in [2.45, 2.75) is 19.4 Å². The Balaban J connectivity index is 2.33. The highest BCUT2D eigenvalue weighted by molar-refractivity contribution is 7.80. The highest BCUT2D eigenvalue weighted by Gasteiger charge is 2.37. The first-order valence-electron chi connectivity index (χ1n) is 8.43. The topological polar surface area (TPSA) is 104 Å². The van der Waals surface area contributed by atoms with Crippen LogP contribution in [-0.4, -0.2) is 27.7 Å². The van der Waals surface area contributed by atoms with E-state index < -0.39 is 28.1 Å². The van der Waals surface area contributed by atoms with Gasteiger partial charge in [-0.05, 0) is 37.3 Å². The lowest BCUT2D eigenvalue weighted by Crippen LogP contribution is -2.53. The molecular weight excluding hydrogens is 385 g/mol. The van der Waals surface area contributed by atoms with Crippen LogP contribution in [0.5, 0.6) is 0 Å². The molecule has 0 saturated heterocycles. The fourth-order valence-electron chi connectivity index (χ4n) is 2.70. The third kappa shape index (κ3) is 4.68. The Morgan fingerprint density at radius 3 is 2.54 bits per heavy atom. The van der Waals surface area contributed by atoms with Crippen LogP contribution < -0.4 is 10.6 Å². The quantitative estimate of drug-likeness (QED) is 0.388.